The molecular weight excluding hydrogens is 484 g/mol. The fraction of sp³-hybridized carbons (Fsp3) is 0. The van der Waals surface area contributed by atoms with E-state index in [1.165, 1.54) is 54.5 Å². The highest BCUT2D eigenvalue weighted by molar-refractivity contribution is 6.12. The van der Waals surface area contributed by atoms with Crippen LogP contribution in [0.2, 0.25) is 0 Å². The molecule has 8 rings (SSSR count). The quantitative estimate of drug-likeness (QED) is 0.249. The van der Waals surface area contributed by atoms with Crippen LogP contribution in [-0.4, -0.2) is 4.57 Å². The fourth-order valence-corrected chi connectivity index (χ4v) is 5.99. The van der Waals surface area contributed by atoms with Crippen molar-refractivity contribution in [2.75, 3.05) is 5.32 Å². The first-order chi connectivity index (χ1) is 19.8. The van der Waals surface area contributed by atoms with Crippen molar-refractivity contribution in [3.8, 4) is 16.8 Å². The molecule has 2 heteroatoms. The zero-order chi connectivity index (χ0) is 26.5. The highest BCUT2D eigenvalue weighted by atomic mass is 15.0. The zero-order valence-electron chi connectivity index (χ0n) is 21.9. The number of nitrogens with zero attached hydrogens (tertiary/aromatic N) is 1. The molecule has 0 aliphatic rings. The van der Waals surface area contributed by atoms with Crippen LogP contribution < -0.4 is 5.32 Å². The molecule has 1 heterocycles. The normalized spacial score (nSPS) is 11.5. The summed E-state index contributed by atoms with van der Waals surface area (Å²) in [5.41, 5.74) is 8.20. The lowest BCUT2D eigenvalue weighted by atomic mass is 9.99. The third kappa shape index (κ3) is 3.73. The van der Waals surface area contributed by atoms with Crippen LogP contribution in [0.1, 0.15) is 0 Å². The van der Waals surface area contributed by atoms with Gasteiger partial charge in [0.05, 0.1) is 11.0 Å². The molecule has 0 radical (unpaired) electrons. The highest BCUT2D eigenvalue weighted by Gasteiger charge is 2.14. The van der Waals surface area contributed by atoms with Crippen molar-refractivity contribution in [2.45, 2.75) is 0 Å². The van der Waals surface area contributed by atoms with E-state index in [0.29, 0.717) is 0 Å². The van der Waals surface area contributed by atoms with Crippen LogP contribution in [0.3, 0.4) is 0 Å². The van der Waals surface area contributed by atoms with E-state index in [4.69, 9.17) is 0 Å². The van der Waals surface area contributed by atoms with Crippen molar-refractivity contribution in [1.29, 1.82) is 0 Å². The predicted molar refractivity (Wildman–Crippen MR) is 171 cm³/mol. The van der Waals surface area contributed by atoms with Gasteiger partial charge in [0.15, 0.2) is 0 Å². The first-order valence-electron chi connectivity index (χ1n) is 13.7. The molecule has 0 fully saturated rings. The van der Waals surface area contributed by atoms with Gasteiger partial charge in [0.2, 0.25) is 0 Å². The molecule has 8 aromatic rings. The number of anilines is 2. The van der Waals surface area contributed by atoms with Gasteiger partial charge < -0.3 is 9.88 Å². The van der Waals surface area contributed by atoms with E-state index in [0.717, 1.165) is 17.1 Å². The lowest BCUT2D eigenvalue weighted by Gasteiger charge is -2.11. The molecule has 0 saturated carbocycles. The molecule has 0 saturated heterocycles. The Bertz CT molecular complexity index is 2180. The Balaban J connectivity index is 1.33. The summed E-state index contributed by atoms with van der Waals surface area (Å²) in [7, 11) is 0. The summed E-state index contributed by atoms with van der Waals surface area (Å²) in [6.45, 7) is 0. The molecule has 0 unspecified atom stereocenters. The van der Waals surface area contributed by atoms with Gasteiger partial charge in [-0.05, 0) is 81.9 Å². The SMILES string of the molecule is c1ccc(-n2c3ccc(Nc4cccc5ccccc45)cc3c3cc(-c4ccc5ccccc5c4)ccc32)cc1. The summed E-state index contributed by atoms with van der Waals surface area (Å²) in [6.07, 6.45) is 0. The van der Waals surface area contributed by atoms with E-state index < -0.39 is 0 Å². The molecule has 1 N–H and O–H groups in total. The van der Waals surface area contributed by atoms with E-state index in [1.54, 1.807) is 0 Å². The van der Waals surface area contributed by atoms with Crippen molar-refractivity contribution in [3.05, 3.63) is 152 Å². The van der Waals surface area contributed by atoms with E-state index in [1.807, 2.05) is 0 Å². The molecule has 0 atom stereocenters. The minimum absolute atomic E-state index is 1.08. The molecule has 0 amide bonds. The number of rotatable bonds is 4. The minimum Gasteiger partial charge on any atom is -0.355 e. The third-order valence-corrected chi connectivity index (χ3v) is 7.93. The smallest absolute Gasteiger partial charge is 0.0542 e. The van der Waals surface area contributed by atoms with Gasteiger partial charge in [0, 0.05) is 33.2 Å². The first-order valence-corrected chi connectivity index (χ1v) is 13.7. The highest BCUT2D eigenvalue weighted by Crippen LogP contribution is 2.37. The Kier molecular flexibility index (Phi) is 5.17. The second-order valence-electron chi connectivity index (χ2n) is 10.3. The van der Waals surface area contributed by atoms with Gasteiger partial charge in [-0.3, -0.25) is 0 Å². The van der Waals surface area contributed by atoms with Crippen molar-refractivity contribution < 1.29 is 0 Å². The summed E-state index contributed by atoms with van der Waals surface area (Å²) in [5.74, 6) is 0. The number of para-hydroxylation sites is 1. The molecule has 40 heavy (non-hydrogen) atoms. The molecule has 0 spiro atoms. The monoisotopic (exact) mass is 510 g/mol. The van der Waals surface area contributed by atoms with E-state index in [9.17, 15) is 0 Å². The average Bonchev–Trinajstić information content (AvgIpc) is 3.34. The second kappa shape index (κ2) is 9.14. The number of fused-ring (bicyclic) bond motifs is 5. The molecule has 1 aromatic heterocycles. The van der Waals surface area contributed by atoms with Gasteiger partial charge in [-0.2, -0.15) is 0 Å². The molecule has 188 valence electrons. The topological polar surface area (TPSA) is 17.0 Å². The van der Waals surface area contributed by atoms with Crippen LogP contribution in [0.4, 0.5) is 11.4 Å². The maximum atomic E-state index is 3.71. The summed E-state index contributed by atoms with van der Waals surface area (Å²) in [4.78, 5) is 0. The lowest BCUT2D eigenvalue weighted by molar-refractivity contribution is 1.18. The Labute approximate surface area is 232 Å². The molecule has 0 aliphatic carbocycles. The Morgan fingerprint density at radius 1 is 0.400 bits per heavy atom. The maximum Gasteiger partial charge on any atom is 0.0542 e. The predicted octanol–water partition coefficient (Wildman–Crippen LogP) is 10.5. The van der Waals surface area contributed by atoms with Crippen LogP contribution in [0, 0.1) is 0 Å². The minimum atomic E-state index is 1.08. The average molecular weight is 511 g/mol. The number of aromatic nitrogens is 1. The van der Waals surface area contributed by atoms with Gasteiger partial charge in [0.25, 0.3) is 0 Å². The van der Waals surface area contributed by atoms with Crippen LogP contribution in [0.15, 0.2) is 152 Å². The van der Waals surface area contributed by atoms with Crippen LogP contribution >= 0.6 is 0 Å². The van der Waals surface area contributed by atoms with Crippen LogP contribution in [0.25, 0.3) is 60.2 Å². The van der Waals surface area contributed by atoms with Crippen LogP contribution in [0.5, 0.6) is 0 Å². The summed E-state index contributed by atoms with van der Waals surface area (Å²) >= 11 is 0. The van der Waals surface area contributed by atoms with Gasteiger partial charge in [-0.15, -0.1) is 0 Å². The Morgan fingerprint density at radius 3 is 1.93 bits per heavy atom. The van der Waals surface area contributed by atoms with E-state index in [-0.39, 0.29) is 0 Å². The Hall–Kier alpha value is -5.34. The van der Waals surface area contributed by atoms with Crippen LogP contribution in [-0.2, 0) is 0 Å². The molecule has 7 aromatic carbocycles. The van der Waals surface area contributed by atoms with E-state index >= 15 is 0 Å². The largest absolute Gasteiger partial charge is 0.355 e. The lowest BCUT2D eigenvalue weighted by Crippen LogP contribution is -1.94. The second-order valence-corrected chi connectivity index (χ2v) is 10.3. The van der Waals surface area contributed by atoms with Gasteiger partial charge >= 0.3 is 0 Å². The first kappa shape index (κ1) is 22.6. The molecule has 0 aliphatic heterocycles. The number of hydrogen-bond donors (Lipinski definition) is 1. The summed E-state index contributed by atoms with van der Waals surface area (Å²) in [5, 5.41) is 11.1. The summed E-state index contributed by atoms with van der Waals surface area (Å²) < 4.78 is 2.37. The maximum absolute atomic E-state index is 3.71. The molecule has 2 nitrogen and oxygen atoms in total. The van der Waals surface area contributed by atoms with Gasteiger partial charge in [0.1, 0.15) is 0 Å². The van der Waals surface area contributed by atoms with Gasteiger partial charge in [-0.1, -0.05) is 97.1 Å². The fourth-order valence-electron chi connectivity index (χ4n) is 5.99. The summed E-state index contributed by atoms with van der Waals surface area (Å²) in [6, 6.07) is 54.5. The number of nitrogens with one attached hydrogen (secondary N) is 1. The Morgan fingerprint density at radius 2 is 1.05 bits per heavy atom. The number of benzene rings is 7. The van der Waals surface area contributed by atoms with Gasteiger partial charge in [-0.25, -0.2) is 0 Å². The molecule has 0 bridgehead atoms. The standard InChI is InChI=1S/C38H26N2/c1-2-13-32(14-3-1)40-37-21-19-30(29-18-17-26-9-4-5-11-28(26)23-29)24-34(37)35-25-31(20-22-38(35)40)39-36-16-8-12-27-10-6-7-15-33(27)36/h1-25,39H. The molecular formula is C38H26N2. The van der Waals surface area contributed by atoms with Crippen molar-refractivity contribution in [2.24, 2.45) is 0 Å². The number of hydrogen-bond acceptors (Lipinski definition) is 1. The van der Waals surface area contributed by atoms with E-state index in [2.05, 4.69) is 162 Å². The zero-order valence-corrected chi connectivity index (χ0v) is 21.9. The van der Waals surface area contributed by atoms with Crippen molar-refractivity contribution in [3.63, 3.8) is 0 Å². The third-order valence-electron chi connectivity index (χ3n) is 7.93. The van der Waals surface area contributed by atoms with Crippen molar-refractivity contribution in [1.82, 2.24) is 4.57 Å². The van der Waals surface area contributed by atoms with Crippen molar-refractivity contribution >= 4 is 54.7 Å².